The van der Waals surface area contributed by atoms with Gasteiger partial charge in [0.1, 0.15) is 12.3 Å². The molecule has 0 saturated carbocycles. The van der Waals surface area contributed by atoms with E-state index >= 15 is 0 Å². The Bertz CT molecular complexity index is 516. The Morgan fingerprint density at radius 1 is 1.44 bits per heavy atom. The summed E-state index contributed by atoms with van der Waals surface area (Å²) in [5, 5.41) is 7.64. The molecule has 96 valence electrons. The molecule has 0 aliphatic heterocycles. The van der Waals surface area contributed by atoms with Gasteiger partial charge in [0.05, 0.1) is 18.1 Å². The molecule has 1 aromatic carbocycles. The highest BCUT2D eigenvalue weighted by Crippen LogP contribution is 2.16. The maximum Gasteiger partial charge on any atom is 0.165 e. The Balaban J connectivity index is 1.87. The van der Waals surface area contributed by atoms with Crippen molar-refractivity contribution >= 4 is 11.6 Å². The summed E-state index contributed by atoms with van der Waals surface area (Å²) < 4.78 is 20.2. The van der Waals surface area contributed by atoms with Gasteiger partial charge in [-0.05, 0) is 19.1 Å². The van der Waals surface area contributed by atoms with Crippen LogP contribution in [-0.2, 0) is 6.54 Å². The quantitative estimate of drug-likeness (QED) is 0.784. The van der Waals surface area contributed by atoms with Crippen LogP contribution in [0.1, 0.15) is 18.0 Å². The van der Waals surface area contributed by atoms with E-state index in [9.17, 15) is 4.39 Å². The summed E-state index contributed by atoms with van der Waals surface area (Å²) in [6.07, 6.45) is 1.75. The second-order valence-corrected chi connectivity index (χ2v) is 4.46. The summed E-state index contributed by atoms with van der Waals surface area (Å²) in [7, 11) is 0. The Kier molecular flexibility index (Phi) is 4.15. The fourth-order valence-electron chi connectivity index (χ4n) is 1.42. The number of ether oxygens (including phenoxy) is 1. The molecule has 6 heteroatoms. The van der Waals surface area contributed by atoms with Crippen LogP contribution in [0.3, 0.4) is 0 Å². The zero-order valence-corrected chi connectivity index (χ0v) is 10.6. The summed E-state index contributed by atoms with van der Waals surface area (Å²) in [5.41, 5.74) is 0.711. The normalized spacial score (nSPS) is 12.4. The number of hydrogen-bond acceptors (Lipinski definition) is 3. The lowest BCUT2D eigenvalue weighted by atomic mass is 10.3. The molecular weight excluding hydrogens is 257 g/mol. The highest BCUT2D eigenvalue weighted by Gasteiger charge is 2.07. The highest BCUT2D eigenvalue weighted by molar-refractivity contribution is 6.20. The van der Waals surface area contributed by atoms with Crippen molar-refractivity contribution in [3.05, 3.63) is 42.0 Å². The first-order valence-corrected chi connectivity index (χ1v) is 6.02. The minimum absolute atomic E-state index is 0.175. The first-order chi connectivity index (χ1) is 8.66. The van der Waals surface area contributed by atoms with E-state index in [1.165, 1.54) is 6.07 Å². The molecule has 0 radical (unpaired) electrons. The average molecular weight is 270 g/mol. The van der Waals surface area contributed by atoms with Crippen molar-refractivity contribution in [3.63, 3.8) is 0 Å². The SMILES string of the molecule is CC(Cl)c1cn(CCOc2ccccc2F)nn1. The van der Waals surface area contributed by atoms with Gasteiger partial charge in [0.25, 0.3) is 0 Å². The van der Waals surface area contributed by atoms with Crippen LogP contribution in [0.25, 0.3) is 0 Å². The van der Waals surface area contributed by atoms with Gasteiger partial charge in [-0.1, -0.05) is 17.3 Å². The van der Waals surface area contributed by atoms with Gasteiger partial charge in [-0.25, -0.2) is 9.07 Å². The third-order valence-electron chi connectivity index (χ3n) is 2.38. The minimum atomic E-state index is -0.369. The molecule has 0 aliphatic rings. The molecule has 0 saturated heterocycles. The number of nitrogens with zero attached hydrogens (tertiary/aromatic N) is 3. The molecule has 1 aromatic heterocycles. The molecule has 18 heavy (non-hydrogen) atoms. The van der Waals surface area contributed by atoms with Crippen LogP contribution < -0.4 is 4.74 Å². The standard InChI is InChI=1S/C12H13ClFN3O/c1-9(13)11-8-17(16-15-11)6-7-18-12-5-3-2-4-10(12)14/h2-5,8-9H,6-7H2,1H3. The van der Waals surface area contributed by atoms with Crippen LogP contribution >= 0.6 is 11.6 Å². The average Bonchev–Trinajstić information content (AvgIpc) is 2.80. The molecule has 1 heterocycles. The largest absolute Gasteiger partial charge is 0.489 e. The predicted octanol–water partition coefficient (Wildman–Crippen LogP) is 2.80. The number of aromatic nitrogens is 3. The van der Waals surface area contributed by atoms with Crippen LogP contribution in [0.15, 0.2) is 30.5 Å². The molecule has 2 aromatic rings. The number of benzene rings is 1. The van der Waals surface area contributed by atoms with E-state index in [-0.39, 0.29) is 16.9 Å². The van der Waals surface area contributed by atoms with Crippen molar-refractivity contribution in [2.24, 2.45) is 0 Å². The third kappa shape index (κ3) is 3.20. The van der Waals surface area contributed by atoms with E-state index in [2.05, 4.69) is 10.3 Å². The monoisotopic (exact) mass is 269 g/mol. The Hall–Kier alpha value is -1.62. The van der Waals surface area contributed by atoms with E-state index in [4.69, 9.17) is 16.3 Å². The lowest BCUT2D eigenvalue weighted by Gasteiger charge is -2.06. The molecule has 0 fully saturated rings. The van der Waals surface area contributed by atoms with Crippen LogP contribution in [0, 0.1) is 5.82 Å². The molecular formula is C12H13ClFN3O. The van der Waals surface area contributed by atoms with Gasteiger partial charge in [-0.2, -0.15) is 0 Å². The zero-order valence-electron chi connectivity index (χ0n) is 9.88. The lowest BCUT2D eigenvalue weighted by molar-refractivity contribution is 0.277. The number of para-hydroxylation sites is 1. The van der Waals surface area contributed by atoms with Crippen molar-refractivity contribution in [3.8, 4) is 5.75 Å². The second-order valence-electron chi connectivity index (χ2n) is 3.80. The number of hydrogen-bond donors (Lipinski definition) is 0. The summed E-state index contributed by atoms with van der Waals surface area (Å²) in [6, 6.07) is 6.29. The second kappa shape index (κ2) is 5.82. The van der Waals surface area contributed by atoms with Crippen molar-refractivity contribution in [1.82, 2.24) is 15.0 Å². The Morgan fingerprint density at radius 3 is 2.89 bits per heavy atom. The van der Waals surface area contributed by atoms with E-state index in [0.29, 0.717) is 18.8 Å². The minimum Gasteiger partial charge on any atom is -0.489 e. The van der Waals surface area contributed by atoms with Crippen molar-refractivity contribution in [2.75, 3.05) is 6.61 Å². The smallest absolute Gasteiger partial charge is 0.165 e. The van der Waals surface area contributed by atoms with Gasteiger partial charge >= 0.3 is 0 Å². The number of rotatable bonds is 5. The fourth-order valence-corrected chi connectivity index (χ4v) is 1.52. The molecule has 0 spiro atoms. The lowest BCUT2D eigenvalue weighted by Crippen LogP contribution is -2.09. The zero-order chi connectivity index (χ0) is 13.0. The summed E-state index contributed by atoms with van der Waals surface area (Å²) in [6.45, 7) is 2.64. The third-order valence-corrected chi connectivity index (χ3v) is 2.60. The molecule has 1 unspecified atom stereocenters. The van der Waals surface area contributed by atoms with Gasteiger partial charge in [0, 0.05) is 0 Å². The molecule has 4 nitrogen and oxygen atoms in total. The summed E-state index contributed by atoms with van der Waals surface area (Å²) in [5.74, 6) is -0.130. The fraction of sp³-hybridized carbons (Fsp3) is 0.333. The van der Waals surface area contributed by atoms with Gasteiger partial charge in [-0.15, -0.1) is 16.7 Å². The summed E-state index contributed by atoms with van der Waals surface area (Å²) in [4.78, 5) is 0. The first kappa shape index (κ1) is 12.8. The number of halogens is 2. The van der Waals surface area contributed by atoms with Crippen LogP contribution in [0.2, 0.25) is 0 Å². The van der Waals surface area contributed by atoms with Gasteiger partial charge in [0.2, 0.25) is 0 Å². The summed E-state index contributed by atoms with van der Waals surface area (Å²) >= 11 is 5.87. The van der Waals surface area contributed by atoms with E-state index < -0.39 is 0 Å². The molecule has 2 rings (SSSR count). The maximum atomic E-state index is 13.2. The molecule has 0 amide bonds. The molecule has 1 atom stereocenters. The van der Waals surface area contributed by atoms with Gasteiger partial charge < -0.3 is 4.74 Å². The molecule has 0 bridgehead atoms. The Morgan fingerprint density at radius 2 is 2.22 bits per heavy atom. The van der Waals surface area contributed by atoms with Crippen LogP contribution in [-0.4, -0.2) is 21.6 Å². The number of alkyl halides is 1. The van der Waals surface area contributed by atoms with E-state index in [1.54, 1.807) is 29.1 Å². The van der Waals surface area contributed by atoms with E-state index in [1.807, 2.05) is 6.92 Å². The van der Waals surface area contributed by atoms with Crippen molar-refractivity contribution < 1.29 is 9.13 Å². The predicted molar refractivity (Wildman–Crippen MR) is 66.2 cm³/mol. The van der Waals surface area contributed by atoms with Crippen molar-refractivity contribution in [1.29, 1.82) is 0 Å². The maximum absolute atomic E-state index is 13.2. The first-order valence-electron chi connectivity index (χ1n) is 5.58. The topological polar surface area (TPSA) is 39.9 Å². The van der Waals surface area contributed by atoms with Crippen LogP contribution in [0.4, 0.5) is 4.39 Å². The van der Waals surface area contributed by atoms with Gasteiger partial charge in [-0.3, -0.25) is 0 Å². The van der Waals surface area contributed by atoms with Crippen LogP contribution in [0.5, 0.6) is 5.75 Å². The van der Waals surface area contributed by atoms with E-state index in [0.717, 1.165) is 0 Å². The highest BCUT2D eigenvalue weighted by atomic mass is 35.5. The van der Waals surface area contributed by atoms with Crippen molar-refractivity contribution in [2.45, 2.75) is 18.8 Å². The molecule has 0 aliphatic carbocycles. The molecule has 0 N–H and O–H groups in total. The van der Waals surface area contributed by atoms with Gasteiger partial charge in [0.15, 0.2) is 11.6 Å². The Labute approximate surface area is 109 Å².